The fourth-order valence-corrected chi connectivity index (χ4v) is 4.18. The van der Waals surface area contributed by atoms with Gasteiger partial charge in [-0.15, -0.1) is 0 Å². The van der Waals surface area contributed by atoms with Crippen molar-refractivity contribution in [2.75, 3.05) is 12.9 Å². The number of ether oxygens (including phenoxy) is 1. The summed E-state index contributed by atoms with van der Waals surface area (Å²) in [6.45, 7) is 0. The van der Waals surface area contributed by atoms with E-state index in [1.54, 1.807) is 7.11 Å². The van der Waals surface area contributed by atoms with Gasteiger partial charge in [0.1, 0.15) is 0 Å². The van der Waals surface area contributed by atoms with E-state index in [4.69, 9.17) is 9.73 Å². The van der Waals surface area contributed by atoms with E-state index in [1.165, 1.54) is 36.6 Å². The molecule has 2 saturated carbocycles. The Morgan fingerprint density at radius 2 is 2.12 bits per heavy atom. The van der Waals surface area contributed by atoms with E-state index in [2.05, 4.69) is 5.32 Å². The molecular formula is C12H20N2OS. The van der Waals surface area contributed by atoms with Crippen molar-refractivity contribution in [2.45, 2.75) is 56.2 Å². The van der Waals surface area contributed by atoms with Crippen LogP contribution in [-0.4, -0.2) is 35.7 Å². The summed E-state index contributed by atoms with van der Waals surface area (Å²) in [4.78, 5) is 4.79. The molecule has 16 heavy (non-hydrogen) atoms. The van der Waals surface area contributed by atoms with Crippen LogP contribution in [0.5, 0.6) is 0 Å². The molecule has 1 saturated heterocycles. The molecule has 1 aliphatic heterocycles. The zero-order chi connectivity index (χ0) is 11.0. The van der Waals surface area contributed by atoms with E-state index in [1.807, 2.05) is 11.8 Å². The lowest BCUT2D eigenvalue weighted by Crippen LogP contribution is -2.42. The minimum absolute atomic E-state index is 0.411. The van der Waals surface area contributed by atoms with Crippen molar-refractivity contribution < 1.29 is 4.74 Å². The number of amidine groups is 1. The van der Waals surface area contributed by atoms with Gasteiger partial charge >= 0.3 is 0 Å². The molecule has 3 aliphatic rings. The molecule has 3 rings (SSSR count). The highest BCUT2D eigenvalue weighted by Crippen LogP contribution is 2.38. The summed E-state index contributed by atoms with van der Waals surface area (Å²) >= 11 is 1.92. The van der Waals surface area contributed by atoms with Crippen LogP contribution in [0.15, 0.2) is 4.99 Å². The molecule has 0 bridgehead atoms. The normalized spacial score (nSPS) is 38.9. The van der Waals surface area contributed by atoms with E-state index >= 15 is 0 Å². The summed E-state index contributed by atoms with van der Waals surface area (Å²) in [5.74, 6) is 1.23. The Morgan fingerprint density at radius 3 is 2.81 bits per heavy atom. The maximum Gasteiger partial charge on any atom is 0.157 e. The van der Waals surface area contributed by atoms with Crippen molar-refractivity contribution in [1.29, 1.82) is 0 Å². The minimum Gasteiger partial charge on any atom is -0.381 e. The van der Waals surface area contributed by atoms with Crippen LogP contribution in [0.2, 0.25) is 0 Å². The number of nitrogens with zero attached hydrogens (tertiary/aromatic N) is 1. The fourth-order valence-electron chi connectivity index (χ4n) is 2.90. The maximum absolute atomic E-state index is 5.28. The summed E-state index contributed by atoms with van der Waals surface area (Å²) in [5, 5.41) is 4.87. The van der Waals surface area contributed by atoms with Crippen molar-refractivity contribution in [3.8, 4) is 0 Å². The van der Waals surface area contributed by atoms with Crippen molar-refractivity contribution in [3.63, 3.8) is 0 Å². The molecule has 0 amide bonds. The Hall–Kier alpha value is -0.220. The largest absolute Gasteiger partial charge is 0.381 e. The average molecular weight is 240 g/mol. The third-order valence-electron chi connectivity index (χ3n) is 4.12. The molecule has 4 heteroatoms. The maximum atomic E-state index is 5.28. The van der Waals surface area contributed by atoms with Gasteiger partial charge in [0, 0.05) is 18.4 Å². The highest BCUT2D eigenvalue weighted by atomic mass is 32.2. The van der Waals surface area contributed by atoms with Crippen LogP contribution >= 0.6 is 11.8 Å². The van der Waals surface area contributed by atoms with Crippen molar-refractivity contribution in [3.05, 3.63) is 0 Å². The van der Waals surface area contributed by atoms with E-state index in [9.17, 15) is 0 Å². The molecule has 0 aromatic heterocycles. The molecule has 0 aromatic carbocycles. The number of aliphatic imine (C=N–C) groups is 1. The van der Waals surface area contributed by atoms with Gasteiger partial charge in [-0.3, -0.25) is 4.99 Å². The molecule has 1 spiro atoms. The van der Waals surface area contributed by atoms with Crippen LogP contribution < -0.4 is 5.32 Å². The van der Waals surface area contributed by atoms with E-state index < -0.39 is 0 Å². The Kier molecular flexibility index (Phi) is 2.88. The predicted octanol–water partition coefficient (Wildman–Crippen LogP) is 2.17. The predicted molar refractivity (Wildman–Crippen MR) is 68.0 cm³/mol. The highest BCUT2D eigenvalue weighted by Gasteiger charge is 2.40. The van der Waals surface area contributed by atoms with Gasteiger partial charge in [0.15, 0.2) is 5.17 Å². The Balaban J connectivity index is 1.55. The summed E-state index contributed by atoms with van der Waals surface area (Å²) in [6, 6.07) is 0.511. The zero-order valence-corrected chi connectivity index (χ0v) is 10.7. The van der Waals surface area contributed by atoms with Gasteiger partial charge in [0.05, 0.1) is 12.1 Å². The second kappa shape index (κ2) is 4.22. The van der Waals surface area contributed by atoms with Crippen molar-refractivity contribution in [1.82, 2.24) is 5.32 Å². The third-order valence-corrected chi connectivity index (χ3v) is 5.30. The van der Waals surface area contributed by atoms with Crippen LogP contribution in [0.1, 0.15) is 38.5 Å². The average Bonchev–Trinajstić information content (AvgIpc) is 2.83. The lowest BCUT2D eigenvalue weighted by atomic mass is 9.90. The van der Waals surface area contributed by atoms with Gasteiger partial charge < -0.3 is 10.1 Å². The Labute approximate surface area is 101 Å². The standard InChI is InChI=1S/C12H20N2OS/c1-15-10-6-9(7-10)13-11-14-12(8-16-11)4-2-3-5-12/h9-10H,2-8H2,1H3,(H,13,14). The lowest BCUT2D eigenvalue weighted by molar-refractivity contribution is 0.0285. The van der Waals surface area contributed by atoms with E-state index in [0.29, 0.717) is 17.7 Å². The first-order valence-corrected chi connectivity index (χ1v) is 7.30. The van der Waals surface area contributed by atoms with Gasteiger partial charge in [-0.2, -0.15) is 0 Å². The number of methoxy groups -OCH3 is 1. The zero-order valence-electron chi connectivity index (χ0n) is 9.87. The summed E-state index contributed by atoms with van der Waals surface area (Å²) in [5.41, 5.74) is 0.411. The smallest absolute Gasteiger partial charge is 0.157 e. The molecular weight excluding hydrogens is 220 g/mol. The molecule has 3 fully saturated rings. The molecule has 90 valence electrons. The van der Waals surface area contributed by atoms with Crippen LogP contribution in [-0.2, 0) is 4.74 Å². The van der Waals surface area contributed by atoms with Crippen LogP contribution in [0.3, 0.4) is 0 Å². The van der Waals surface area contributed by atoms with Crippen LogP contribution in [0.25, 0.3) is 0 Å². The van der Waals surface area contributed by atoms with E-state index in [-0.39, 0.29) is 0 Å². The van der Waals surface area contributed by atoms with Gasteiger partial charge in [-0.05, 0) is 25.7 Å². The summed E-state index contributed by atoms with van der Waals surface area (Å²) in [7, 11) is 1.80. The van der Waals surface area contributed by atoms with Gasteiger partial charge in [-0.25, -0.2) is 0 Å². The highest BCUT2D eigenvalue weighted by molar-refractivity contribution is 8.14. The number of nitrogens with one attached hydrogen (secondary N) is 1. The van der Waals surface area contributed by atoms with Crippen LogP contribution in [0, 0.1) is 0 Å². The molecule has 0 aromatic rings. The molecule has 0 atom stereocenters. The molecule has 3 nitrogen and oxygen atoms in total. The molecule has 0 radical (unpaired) electrons. The van der Waals surface area contributed by atoms with Gasteiger partial charge in [0.25, 0.3) is 0 Å². The number of hydrogen-bond acceptors (Lipinski definition) is 3. The van der Waals surface area contributed by atoms with Gasteiger partial charge in [0.2, 0.25) is 0 Å². The summed E-state index contributed by atoms with van der Waals surface area (Å²) in [6.07, 6.45) is 8.12. The Morgan fingerprint density at radius 1 is 1.38 bits per heavy atom. The first-order valence-electron chi connectivity index (χ1n) is 6.31. The van der Waals surface area contributed by atoms with Crippen LogP contribution in [0.4, 0.5) is 0 Å². The van der Waals surface area contributed by atoms with Gasteiger partial charge in [-0.1, -0.05) is 24.6 Å². The molecule has 1 heterocycles. The number of thioether (sulfide) groups is 1. The van der Waals surface area contributed by atoms with Crippen molar-refractivity contribution >= 4 is 16.9 Å². The second-order valence-corrected chi connectivity index (χ2v) is 6.28. The minimum atomic E-state index is 0.411. The SMILES string of the molecule is COC1CC(N=C2NC3(CCCC3)CS2)C1. The number of hydrogen-bond donors (Lipinski definition) is 1. The lowest BCUT2D eigenvalue weighted by Gasteiger charge is -2.31. The summed E-state index contributed by atoms with van der Waals surface area (Å²) < 4.78 is 5.28. The molecule has 1 N–H and O–H groups in total. The quantitative estimate of drug-likeness (QED) is 0.803. The fraction of sp³-hybridized carbons (Fsp3) is 0.917. The molecule has 2 aliphatic carbocycles. The topological polar surface area (TPSA) is 33.6 Å². The first kappa shape index (κ1) is 10.9. The monoisotopic (exact) mass is 240 g/mol. The third kappa shape index (κ3) is 1.97. The Bertz CT molecular complexity index is 293. The molecule has 0 unspecified atom stereocenters. The first-order chi connectivity index (χ1) is 7.80. The van der Waals surface area contributed by atoms with E-state index in [0.717, 1.165) is 12.8 Å². The number of rotatable bonds is 2. The van der Waals surface area contributed by atoms with Crippen molar-refractivity contribution in [2.24, 2.45) is 4.99 Å². The second-order valence-electron chi connectivity index (χ2n) is 5.32.